The van der Waals surface area contributed by atoms with Crippen molar-refractivity contribution in [1.29, 1.82) is 0 Å². The van der Waals surface area contributed by atoms with E-state index in [-0.39, 0.29) is 18.5 Å². The molecule has 0 saturated carbocycles. The highest BCUT2D eigenvalue weighted by Crippen LogP contribution is 2.18. The van der Waals surface area contributed by atoms with E-state index in [1.807, 2.05) is 0 Å². The number of unbranched alkanes of at least 4 members (excludes halogenated alkanes) is 48. The van der Waals surface area contributed by atoms with Crippen LogP contribution in [0.2, 0.25) is 0 Å². The lowest BCUT2D eigenvalue weighted by Crippen LogP contribution is -2.45. The average Bonchev–Trinajstić information content (AvgIpc) is 3.37. The fourth-order valence-electron chi connectivity index (χ4n) is 10.3. The van der Waals surface area contributed by atoms with Gasteiger partial charge in [0.2, 0.25) is 5.91 Å². The van der Waals surface area contributed by atoms with E-state index in [1.54, 1.807) is 0 Å². The van der Waals surface area contributed by atoms with Crippen molar-refractivity contribution in [2.24, 2.45) is 0 Å². The lowest BCUT2D eigenvalue weighted by molar-refractivity contribution is -0.143. The smallest absolute Gasteiger partial charge is 0.305 e. The molecule has 3 N–H and O–H groups in total. The summed E-state index contributed by atoms with van der Waals surface area (Å²) in [5.74, 6) is -0.0187. The third-order valence-corrected chi connectivity index (χ3v) is 15.3. The van der Waals surface area contributed by atoms with Crippen molar-refractivity contribution in [2.45, 2.75) is 379 Å². The number of ether oxygens (including phenoxy) is 1. The Kier molecular flexibility index (Phi) is 59.9. The number of amides is 1. The normalized spacial score (nSPS) is 12.6. The molecule has 0 fully saturated rings. The molecular weight excluding hydrogens is 875 g/mol. The molecule has 0 saturated heterocycles. The van der Waals surface area contributed by atoms with E-state index >= 15 is 0 Å². The van der Waals surface area contributed by atoms with Crippen LogP contribution in [-0.2, 0) is 14.3 Å². The number of nitrogens with one attached hydrogen (secondary N) is 1. The molecule has 0 heterocycles. The highest BCUT2D eigenvalue weighted by atomic mass is 16.5. The van der Waals surface area contributed by atoms with Crippen LogP contribution >= 0.6 is 0 Å². The minimum absolute atomic E-state index is 0.0147. The number of aliphatic hydroxyl groups excluding tert-OH is 2. The first-order chi connectivity index (χ1) is 35.0. The summed E-state index contributed by atoms with van der Waals surface area (Å²) in [6.07, 6.45) is 73.8. The quantitative estimate of drug-likeness (QED) is 0.0320. The Morgan fingerprint density at radius 3 is 1.00 bits per heavy atom. The second kappa shape index (κ2) is 61.1. The summed E-state index contributed by atoms with van der Waals surface area (Å²) in [7, 11) is 0. The maximum atomic E-state index is 12.5. The monoisotopic (exact) mass is 1000 g/mol. The van der Waals surface area contributed by atoms with Gasteiger partial charge in [-0.05, 0) is 51.4 Å². The number of esters is 1. The van der Waals surface area contributed by atoms with Crippen LogP contribution in [0.4, 0.5) is 0 Å². The molecular formula is C65H127NO5. The SMILES string of the molecule is CCCCCCCCCCCCCCCCCCCC(O)C(CO)NC(=O)CCCCCCCCCCCC/C=C\CCCCCCCCCCCCCCOC(=O)CCCCCCCCCCCCC. The Hall–Kier alpha value is -1.40. The fraction of sp³-hybridized carbons (Fsp3) is 0.938. The molecule has 2 atom stereocenters. The number of carbonyl (C=O) groups is 2. The van der Waals surface area contributed by atoms with E-state index in [2.05, 4.69) is 31.3 Å². The number of allylic oxidation sites excluding steroid dienone is 2. The number of aliphatic hydroxyl groups is 2. The topological polar surface area (TPSA) is 95.9 Å². The Balaban J connectivity index is 3.39. The average molecular weight is 1000 g/mol. The van der Waals surface area contributed by atoms with Gasteiger partial charge in [0.25, 0.3) is 0 Å². The van der Waals surface area contributed by atoms with Crippen LogP contribution in [0.25, 0.3) is 0 Å². The van der Waals surface area contributed by atoms with E-state index in [9.17, 15) is 19.8 Å². The van der Waals surface area contributed by atoms with Gasteiger partial charge in [-0.2, -0.15) is 0 Å². The van der Waals surface area contributed by atoms with Gasteiger partial charge < -0.3 is 20.3 Å². The number of carbonyl (C=O) groups excluding carboxylic acids is 2. The van der Waals surface area contributed by atoms with Gasteiger partial charge in [0.15, 0.2) is 0 Å². The van der Waals surface area contributed by atoms with Gasteiger partial charge in [-0.1, -0.05) is 315 Å². The highest BCUT2D eigenvalue weighted by molar-refractivity contribution is 5.76. The Labute approximate surface area is 444 Å². The first kappa shape index (κ1) is 69.6. The molecule has 6 heteroatoms. The predicted octanol–water partition coefficient (Wildman–Crippen LogP) is 20.4. The van der Waals surface area contributed by atoms with Crippen molar-refractivity contribution < 1.29 is 24.5 Å². The van der Waals surface area contributed by atoms with Crippen LogP contribution in [0.1, 0.15) is 367 Å². The molecule has 0 aromatic rings. The minimum atomic E-state index is -0.665. The minimum Gasteiger partial charge on any atom is -0.466 e. The predicted molar refractivity (Wildman–Crippen MR) is 310 cm³/mol. The second-order valence-corrected chi connectivity index (χ2v) is 22.5. The summed E-state index contributed by atoms with van der Waals surface area (Å²) >= 11 is 0. The van der Waals surface area contributed by atoms with Crippen molar-refractivity contribution in [1.82, 2.24) is 5.32 Å². The standard InChI is InChI=1S/C65H127NO5/c1-3-5-7-9-11-13-15-16-17-28-31-34-38-41-45-49-53-57-63(68)62(61-67)66-64(69)58-54-50-46-42-39-35-32-29-26-24-22-20-18-19-21-23-25-27-30-33-36-40-44-48-52-56-60-71-65(70)59-55-51-47-43-37-14-12-10-8-6-4-2/h18,20,62-63,67-68H,3-17,19,21-61H2,1-2H3,(H,66,69)/b20-18-. The van der Waals surface area contributed by atoms with Gasteiger partial charge in [0, 0.05) is 12.8 Å². The van der Waals surface area contributed by atoms with Gasteiger partial charge in [0.1, 0.15) is 0 Å². The van der Waals surface area contributed by atoms with E-state index in [4.69, 9.17) is 4.74 Å². The molecule has 2 unspecified atom stereocenters. The van der Waals surface area contributed by atoms with Gasteiger partial charge >= 0.3 is 5.97 Å². The summed E-state index contributed by atoms with van der Waals surface area (Å²) in [5.41, 5.74) is 0. The zero-order valence-electron chi connectivity index (χ0n) is 48.2. The fourth-order valence-corrected chi connectivity index (χ4v) is 10.3. The molecule has 0 spiro atoms. The van der Waals surface area contributed by atoms with Gasteiger partial charge in [-0.25, -0.2) is 0 Å². The van der Waals surface area contributed by atoms with Crippen LogP contribution in [-0.4, -0.2) is 47.4 Å². The number of hydrogen-bond acceptors (Lipinski definition) is 5. The lowest BCUT2D eigenvalue weighted by Gasteiger charge is -2.22. The molecule has 0 aliphatic rings. The summed E-state index contributed by atoms with van der Waals surface area (Å²) in [6.45, 7) is 4.98. The number of hydrogen-bond donors (Lipinski definition) is 3. The molecule has 1 amide bonds. The molecule has 422 valence electrons. The van der Waals surface area contributed by atoms with Gasteiger partial charge in [-0.3, -0.25) is 9.59 Å². The zero-order chi connectivity index (χ0) is 51.4. The van der Waals surface area contributed by atoms with E-state index in [1.165, 1.54) is 295 Å². The molecule has 0 bridgehead atoms. The van der Waals surface area contributed by atoms with E-state index < -0.39 is 12.1 Å². The maximum Gasteiger partial charge on any atom is 0.305 e. The van der Waals surface area contributed by atoms with E-state index in [0.717, 1.165) is 38.5 Å². The molecule has 6 nitrogen and oxygen atoms in total. The first-order valence-electron chi connectivity index (χ1n) is 32.4. The van der Waals surface area contributed by atoms with Crippen LogP contribution < -0.4 is 5.32 Å². The summed E-state index contributed by atoms with van der Waals surface area (Å²) < 4.78 is 5.47. The first-order valence-corrected chi connectivity index (χ1v) is 32.4. The molecule has 0 aliphatic heterocycles. The molecule has 0 aliphatic carbocycles. The van der Waals surface area contributed by atoms with Gasteiger partial charge in [0.05, 0.1) is 25.4 Å². The number of rotatable bonds is 61. The third kappa shape index (κ3) is 57.7. The molecule has 71 heavy (non-hydrogen) atoms. The van der Waals surface area contributed by atoms with Crippen LogP contribution in [0.3, 0.4) is 0 Å². The van der Waals surface area contributed by atoms with Crippen LogP contribution in [0, 0.1) is 0 Å². The second-order valence-electron chi connectivity index (χ2n) is 22.5. The van der Waals surface area contributed by atoms with Crippen molar-refractivity contribution in [3.05, 3.63) is 12.2 Å². The molecule has 0 aromatic heterocycles. The Morgan fingerprint density at radius 2 is 0.662 bits per heavy atom. The Bertz CT molecular complexity index is 1060. The molecule has 0 radical (unpaired) electrons. The zero-order valence-corrected chi connectivity index (χ0v) is 48.2. The lowest BCUT2D eigenvalue weighted by atomic mass is 10.0. The summed E-state index contributed by atoms with van der Waals surface area (Å²) in [5, 5.41) is 23.3. The summed E-state index contributed by atoms with van der Waals surface area (Å²) in [6, 6.07) is -0.542. The maximum absolute atomic E-state index is 12.5. The van der Waals surface area contributed by atoms with Crippen molar-refractivity contribution in [3.63, 3.8) is 0 Å². The van der Waals surface area contributed by atoms with Crippen LogP contribution in [0.5, 0.6) is 0 Å². The van der Waals surface area contributed by atoms with Crippen molar-refractivity contribution >= 4 is 11.9 Å². The van der Waals surface area contributed by atoms with Gasteiger partial charge in [-0.15, -0.1) is 0 Å². The largest absolute Gasteiger partial charge is 0.466 e. The third-order valence-electron chi connectivity index (χ3n) is 15.3. The van der Waals surface area contributed by atoms with Crippen LogP contribution in [0.15, 0.2) is 12.2 Å². The summed E-state index contributed by atoms with van der Waals surface area (Å²) in [4.78, 5) is 24.5. The van der Waals surface area contributed by atoms with Crippen molar-refractivity contribution in [2.75, 3.05) is 13.2 Å². The Morgan fingerprint density at radius 1 is 0.380 bits per heavy atom. The molecule has 0 rings (SSSR count). The van der Waals surface area contributed by atoms with E-state index in [0.29, 0.717) is 25.9 Å². The highest BCUT2D eigenvalue weighted by Gasteiger charge is 2.20. The van der Waals surface area contributed by atoms with Crippen molar-refractivity contribution in [3.8, 4) is 0 Å². The molecule has 0 aromatic carbocycles.